The minimum absolute atomic E-state index is 0.159. The summed E-state index contributed by atoms with van der Waals surface area (Å²) < 4.78 is 15.6. The van der Waals surface area contributed by atoms with Gasteiger partial charge < -0.3 is 14.2 Å². The molecule has 0 saturated heterocycles. The van der Waals surface area contributed by atoms with Crippen molar-refractivity contribution in [2.75, 3.05) is 0 Å². The Morgan fingerprint density at radius 2 is 1.36 bits per heavy atom. The van der Waals surface area contributed by atoms with E-state index in [4.69, 9.17) is 14.2 Å². The molecule has 130 valence electrons. The summed E-state index contributed by atoms with van der Waals surface area (Å²) in [6.45, 7) is 14.6. The number of esters is 1. The lowest BCUT2D eigenvalue weighted by Crippen LogP contribution is -2.28. The molecule has 0 aromatic rings. The van der Waals surface area contributed by atoms with Crippen LogP contribution in [-0.2, 0) is 19.0 Å². The van der Waals surface area contributed by atoms with Gasteiger partial charge in [-0.25, -0.2) is 4.79 Å². The number of hydrogen-bond acceptors (Lipinski definition) is 5. The molecule has 0 N–H and O–H groups in total. The first kappa shape index (κ1) is 20.7. The Morgan fingerprint density at radius 3 is 1.82 bits per heavy atom. The van der Waals surface area contributed by atoms with Crippen molar-refractivity contribution in [2.45, 2.75) is 92.0 Å². The highest BCUT2D eigenvalue weighted by molar-refractivity contribution is 5.72. The highest BCUT2D eigenvalue weighted by atomic mass is 16.7. The molecule has 2 unspecified atom stereocenters. The van der Waals surface area contributed by atoms with E-state index >= 15 is 0 Å². The second-order valence-corrected chi connectivity index (χ2v) is 7.76. The zero-order valence-electron chi connectivity index (χ0n) is 15.3. The third-order valence-corrected chi connectivity index (χ3v) is 2.74. The molecule has 0 radical (unpaired) electrons. The molecule has 22 heavy (non-hydrogen) atoms. The third kappa shape index (κ3) is 11.4. The molecule has 0 fully saturated rings. The molecular weight excluding hydrogens is 284 g/mol. The minimum atomic E-state index is -0.653. The SMILES string of the molecule is CC(CCCC(C)C(=O)OC(C)(C)C)OC(=O)OC(C)(C)C. The zero-order valence-corrected chi connectivity index (χ0v) is 15.3. The molecule has 0 aliphatic rings. The highest BCUT2D eigenvalue weighted by Gasteiger charge is 2.22. The van der Waals surface area contributed by atoms with E-state index in [1.165, 1.54) is 0 Å². The van der Waals surface area contributed by atoms with Crippen LogP contribution in [0.1, 0.15) is 74.7 Å². The van der Waals surface area contributed by atoms with Crippen molar-refractivity contribution in [3.63, 3.8) is 0 Å². The van der Waals surface area contributed by atoms with Gasteiger partial charge in [0.1, 0.15) is 17.3 Å². The van der Waals surface area contributed by atoms with Crippen LogP contribution in [0.5, 0.6) is 0 Å². The molecule has 5 heteroatoms. The quantitative estimate of drug-likeness (QED) is 0.676. The zero-order chi connectivity index (χ0) is 17.6. The monoisotopic (exact) mass is 316 g/mol. The molecule has 0 aliphatic heterocycles. The van der Waals surface area contributed by atoms with Crippen molar-refractivity contribution in [1.29, 1.82) is 0 Å². The molecular formula is C17H32O5. The number of ether oxygens (including phenoxy) is 3. The van der Waals surface area contributed by atoms with E-state index in [9.17, 15) is 9.59 Å². The Bertz CT molecular complexity index is 362. The molecule has 0 aromatic heterocycles. The van der Waals surface area contributed by atoms with Gasteiger partial charge in [-0.3, -0.25) is 4.79 Å². The minimum Gasteiger partial charge on any atom is -0.460 e. The van der Waals surface area contributed by atoms with Crippen LogP contribution in [0.2, 0.25) is 0 Å². The molecule has 0 rings (SSSR count). The maximum absolute atomic E-state index is 11.8. The van der Waals surface area contributed by atoms with Gasteiger partial charge in [0.25, 0.3) is 0 Å². The fraction of sp³-hybridized carbons (Fsp3) is 0.882. The van der Waals surface area contributed by atoms with Crippen LogP contribution in [-0.4, -0.2) is 29.4 Å². The lowest BCUT2D eigenvalue weighted by atomic mass is 10.0. The maximum atomic E-state index is 11.8. The van der Waals surface area contributed by atoms with Gasteiger partial charge in [0.05, 0.1) is 5.92 Å². The number of hydrogen-bond donors (Lipinski definition) is 0. The van der Waals surface area contributed by atoms with Crippen molar-refractivity contribution in [1.82, 2.24) is 0 Å². The summed E-state index contributed by atoms with van der Waals surface area (Å²) in [5.74, 6) is -0.346. The average Bonchev–Trinajstić information content (AvgIpc) is 2.23. The second-order valence-electron chi connectivity index (χ2n) is 7.76. The molecule has 0 spiro atoms. The standard InChI is InChI=1S/C17H32O5/c1-12(14(18)21-16(3,4)5)10-9-11-13(2)20-15(19)22-17(6,7)8/h12-13H,9-11H2,1-8H3. The largest absolute Gasteiger partial charge is 0.509 e. The van der Waals surface area contributed by atoms with Crippen molar-refractivity contribution in [3.8, 4) is 0 Å². The van der Waals surface area contributed by atoms with Crippen LogP contribution in [0.15, 0.2) is 0 Å². The van der Waals surface area contributed by atoms with E-state index in [0.717, 1.165) is 6.42 Å². The van der Waals surface area contributed by atoms with Crippen LogP contribution in [0.3, 0.4) is 0 Å². The molecule has 0 aliphatic carbocycles. The van der Waals surface area contributed by atoms with Gasteiger partial charge in [-0.05, 0) is 67.7 Å². The highest BCUT2D eigenvalue weighted by Crippen LogP contribution is 2.17. The Hall–Kier alpha value is -1.26. The maximum Gasteiger partial charge on any atom is 0.509 e. The third-order valence-electron chi connectivity index (χ3n) is 2.74. The van der Waals surface area contributed by atoms with E-state index < -0.39 is 17.4 Å². The van der Waals surface area contributed by atoms with Crippen molar-refractivity contribution in [3.05, 3.63) is 0 Å². The van der Waals surface area contributed by atoms with E-state index in [1.807, 2.05) is 34.6 Å². The van der Waals surface area contributed by atoms with E-state index in [1.54, 1.807) is 20.8 Å². The smallest absolute Gasteiger partial charge is 0.460 e. The molecule has 0 aromatic carbocycles. The first-order valence-electron chi connectivity index (χ1n) is 7.92. The van der Waals surface area contributed by atoms with Crippen LogP contribution in [0.25, 0.3) is 0 Å². The van der Waals surface area contributed by atoms with Crippen molar-refractivity contribution >= 4 is 12.1 Å². The van der Waals surface area contributed by atoms with E-state index in [0.29, 0.717) is 12.8 Å². The summed E-state index contributed by atoms with van der Waals surface area (Å²) in [6, 6.07) is 0. The van der Waals surface area contributed by atoms with Gasteiger partial charge in [-0.15, -0.1) is 0 Å². The van der Waals surface area contributed by atoms with Gasteiger partial charge in [0.15, 0.2) is 0 Å². The van der Waals surface area contributed by atoms with Crippen LogP contribution in [0.4, 0.5) is 4.79 Å². The number of carbonyl (C=O) groups is 2. The van der Waals surface area contributed by atoms with E-state index in [-0.39, 0.29) is 18.0 Å². The summed E-state index contributed by atoms with van der Waals surface area (Å²) in [4.78, 5) is 23.4. The topological polar surface area (TPSA) is 61.8 Å². The molecule has 0 amide bonds. The normalized spacial score (nSPS) is 14.9. The lowest BCUT2D eigenvalue weighted by molar-refractivity contribution is -0.159. The Kier molecular flexibility index (Phi) is 7.91. The van der Waals surface area contributed by atoms with Crippen LogP contribution in [0, 0.1) is 5.92 Å². The predicted octanol–water partition coefficient (Wildman–Crippen LogP) is 4.47. The fourth-order valence-electron chi connectivity index (χ4n) is 1.73. The van der Waals surface area contributed by atoms with Gasteiger partial charge in [0, 0.05) is 0 Å². The van der Waals surface area contributed by atoms with Crippen molar-refractivity contribution < 1.29 is 23.8 Å². The van der Waals surface area contributed by atoms with E-state index in [2.05, 4.69) is 0 Å². The number of carbonyl (C=O) groups excluding carboxylic acids is 2. The van der Waals surface area contributed by atoms with Gasteiger partial charge in [-0.1, -0.05) is 6.92 Å². The average molecular weight is 316 g/mol. The Balaban J connectivity index is 3.99. The first-order valence-corrected chi connectivity index (χ1v) is 7.92. The molecule has 0 bridgehead atoms. The molecule has 5 nitrogen and oxygen atoms in total. The van der Waals surface area contributed by atoms with Gasteiger partial charge in [0.2, 0.25) is 0 Å². The Labute approximate surface area is 134 Å². The number of rotatable bonds is 6. The van der Waals surface area contributed by atoms with Gasteiger partial charge in [-0.2, -0.15) is 0 Å². The molecule has 2 atom stereocenters. The van der Waals surface area contributed by atoms with Crippen LogP contribution < -0.4 is 0 Å². The van der Waals surface area contributed by atoms with Crippen molar-refractivity contribution in [2.24, 2.45) is 5.92 Å². The van der Waals surface area contributed by atoms with Gasteiger partial charge >= 0.3 is 12.1 Å². The summed E-state index contributed by atoms with van der Waals surface area (Å²) in [5, 5.41) is 0. The predicted molar refractivity (Wildman–Crippen MR) is 85.6 cm³/mol. The summed E-state index contributed by atoms with van der Waals surface area (Å²) in [7, 11) is 0. The second kappa shape index (κ2) is 8.39. The first-order chi connectivity index (χ1) is 9.80. The summed E-state index contributed by atoms with van der Waals surface area (Å²) in [6.07, 6.45) is 1.29. The summed E-state index contributed by atoms with van der Waals surface area (Å²) in [5.41, 5.74) is -1.01. The Morgan fingerprint density at radius 1 is 0.864 bits per heavy atom. The lowest BCUT2D eigenvalue weighted by Gasteiger charge is -2.23. The molecule has 0 saturated carbocycles. The molecule has 0 heterocycles. The fourth-order valence-corrected chi connectivity index (χ4v) is 1.73. The van der Waals surface area contributed by atoms with Crippen LogP contribution >= 0.6 is 0 Å². The summed E-state index contributed by atoms with van der Waals surface area (Å²) >= 11 is 0.